The minimum atomic E-state index is -0.128. The zero-order chi connectivity index (χ0) is 17.4. The summed E-state index contributed by atoms with van der Waals surface area (Å²) in [6.07, 6.45) is 5.73. The highest BCUT2D eigenvalue weighted by molar-refractivity contribution is 5.94. The highest BCUT2D eigenvalue weighted by Crippen LogP contribution is 2.32. The smallest absolute Gasteiger partial charge is 0.272 e. The zero-order valence-electron chi connectivity index (χ0n) is 14.0. The number of rotatable bonds is 3. The lowest BCUT2D eigenvalue weighted by Gasteiger charge is -2.23. The molecule has 1 aliphatic heterocycles. The van der Waals surface area contributed by atoms with Crippen molar-refractivity contribution < 1.29 is 4.79 Å². The lowest BCUT2D eigenvalue weighted by molar-refractivity contribution is 0.0732. The summed E-state index contributed by atoms with van der Waals surface area (Å²) in [4.78, 5) is 35.4. The van der Waals surface area contributed by atoms with Gasteiger partial charge in [0.25, 0.3) is 11.5 Å². The van der Waals surface area contributed by atoms with Crippen LogP contribution < -0.4 is 5.56 Å². The fourth-order valence-electron chi connectivity index (χ4n) is 3.40. The number of aromatic nitrogens is 4. The fourth-order valence-corrected chi connectivity index (χ4v) is 3.40. The first-order chi connectivity index (χ1) is 12.2. The Labute approximate surface area is 144 Å². The molecule has 4 rings (SSSR count). The van der Waals surface area contributed by atoms with Gasteiger partial charge in [0.2, 0.25) is 0 Å². The molecule has 25 heavy (non-hydrogen) atoms. The predicted molar refractivity (Wildman–Crippen MR) is 92.4 cm³/mol. The number of amides is 1. The number of hydrogen-bond acceptors (Lipinski definition) is 4. The number of fused-ring (bicyclic) bond motifs is 1. The maximum atomic E-state index is 12.8. The van der Waals surface area contributed by atoms with Crippen molar-refractivity contribution in [2.24, 2.45) is 0 Å². The van der Waals surface area contributed by atoms with Crippen molar-refractivity contribution in [2.75, 3.05) is 6.54 Å². The summed E-state index contributed by atoms with van der Waals surface area (Å²) < 4.78 is 1.44. The first-order valence-corrected chi connectivity index (χ1v) is 8.50. The molecule has 7 nitrogen and oxygen atoms in total. The van der Waals surface area contributed by atoms with E-state index in [1.807, 2.05) is 17.9 Å². The maximum Gasteiger partial charge on any atom is 0.272 e. The van der Waals surface area contributed by atoms with Gasteiger partial charge < -0.3 is 4.90 Å². The largest absolute Gasteiger partial charge is 0.330 e. The number of nitrogens with zero attached hydrogens (tertiary/aromatic N) is 4. The molecule has 1 saturated heterocycles. The van der Waals surface area contributed by atoms with Crippen molar-refractivity contribution >= 4 is 11.6 Å². The Morgan fingerprint density at radius 2 is 2.28 bits per heavy atom. The standard InChI is InChI=1S/C18H19N5O2/c1-2-13-9-17(24)23-16(20-13)10-14(21-23)15-6-4-8-22(15)18(25)12-5-3-7-19-11-12/h3,5,7,9-11,15,21H,2,4,6,8H2,1H3/t15-/m0/s1. The molecule has 0 aromatic carbocycles. The number of aromatic amines is 1. The van der Waals surface area contributed by atoms with Crippen LogP contribution in [0.4, 0.5) is 0 Å². The van der Waals surface area contributed by atoms with Crippen LogP contribution in [0.15, 0.2) is 41.5 Å². The van der Waals surface area contributed by atoms with Gasteiger partial charge in [0, 0.05) is 36.8 Å². The van der Waals surface area contributed by atoms with E-state index in [-0.39, 0.29) is 17.5 Å². The number of hydrogen-bond donors (Lipinski definition) is 1. The molecule has 1 atom stereocenters. The normalized spacial score (nSPS) is 17.3. The first kappa shape index (κ1) is 15.6. The number of carbonyl (C=O) groups excluding carboxylic acids is 1. The Bertz CT molecular complexity index is 976. The Balaban J connectivity index is 1.71. The van der Waals surface area contributed by atoms with E-state index in [1.165, 1.54) is 4.52 Å². The summed E-state index contributed by atoms with van der Waals surface area (Å²) in [7, 11) is 0. The van der Waals surface area contributed by atoms with E-state index >= 15 is 0 Å². The van der Waals surface area contributed by atoms with Crippen LogP contribution in [0.1, 0.15) is 47.6 Å². The molecule has 0 radical (unpaired) electrons. The summed E-state index contributed by atoms with van der Waals surface area (Å²) in [5, 5.41) is 3.13. The van der Waals surface area contributed by atoms with Gasteiger partial charge in [-0.1, -0.05) is 6.92 Å². The molecule has 3 aromatic rings. The molecule has 1 aliphatic rings. The Morgan fingerprint density at radius 1 is 1.40 bits per heavy atom. The van der Waals surface area contributed by atoms with E-state index in [2.05, 4.69) is 15.1 Å². The SMILES string of the molecule is CCc1cc(=O)n2[nH]c([C@@H]3CCCN3C(=O)c3cccnc3)cc2n1. The summed E-state index contributed by atoms with van der Waals surface area (Å²) >= 11 is 0. The number of H-pyrrole nitrogens is 1. The van der Waals surface area contributed by atoms with Gasteiger partial charge in [0.05, 0.1) is 17.3 Å². The number of nitrogens with one attached hydrogen (secondary N) is 1. The van der Waals surface area contributed by atoms with Gasteiger partial charge in [-0.3, -0.25) is 19.7 Å². The molecule has 1 amide bonds. The van der Waals surface area contributed by atoms with E-state index in [1.54, 1.807) is 30.6 Å². The lowest BCUT2D eigenvalue weighted by atomic mass is 10.1. The summed E-state index contributed by atoms with van der Waals surface area (Å²) in [6, 6.07) is 6.87. The molecule has 1 N–H and O–H groups in total. The van der Waals surface area contributed by atoms with Crippen molar-refractivity contribution in [3.05, 3.63) is 64.0 Å². The molecular formula is C18H19N5O2. The molecule has 0 spiro atoms. The third-order valence-corrected chi connectivity index (χ3v) is 4.67. The summed E-state index contributed by atoms with van der Waals surface area (Å²) in [6.45, 7) is 2.66. The van der Waals surface area contributed by atoms with Gasteiger partial charge in [-0.05, 0) is 31.4 Å². The van der Waals surface area contributed by atoms with Crippen molar-refractivity contribution in [3.8, 4) is 0 Å². The van der Waals surface area contributed by atoms with Crippen LogP contribution in [0, 0.1) is 0 Å². The summed E-state index contributed by atoms with van der Waals surface area (Å²) in [5.41, 5.74) is 2.66. The molecule has 0 saturated carbocycles. The van der Waals surface area contributed by atoms with Crippen LogP contribution in [0.25, 0.3) is 5.65 Å². The molecule has 7 heteroatoms. The first-order valence-electron chi connectivity index (χ1n) is 8.50. The van der Waals surface area contributed by atoms with Crippen molar-refractivity contribution in [1.29, 1.82) is 0 Å². The minimum absolute atomic E-state index is 0.0381. The van der Waals surface area contributed by atoms with Crippen LogP contribution in [0.5, 0.6) is 0 Å². The third kappa shape index (κ3) is 2.71. The van der Waals surface area contributed by atoms with Gasteiger partial charge in [-0.15, -0.1) is 0 Å². The lowest BCUT2D eigenvalue weighted by Crippen LogP contribution is -2.31. The quantitative estimate of drug-likeness (QED) is 0.792. The van der Waals surface area contributed by atoms with Crippen LogP contribution in [-0.4, -0.2) is 36.9 Å². The third-order valence-electron chi connectivity index (χ3n) is 4.67. The topological polar surface area (TPSA) is 83.4 Å². The van der Waals surface area contributed by atoms with Crippen molar-refractivity contribution in [3.63, 3.8) is 0 Å². The Morgan fingerprint density at radius 3 is 3.04 bits per heavy atom. The van der Waals surface area contributed by atoms with Crippen molar-refractivity contribution in [1.82, 2.24) is 24.5 Å². The van der Waals surface area contributed by atoms with Gasteiger partial charge in [0.1, 0.15) is 0 Å². The highest BCUT2D eigenvalue weighted by Gasteiger charge is 2.32. The molecule has 0 unspecified atom stereocenters. The van der Waals surface area contributed by atoms with Gasteiger partial charge in [-0.25, -0.2) is 9.50 Å². The van der Waals surface area contributed by atoms with Gasteiger partial charge in [-0.2, -0.15) is 0 Å². The molecule has 1 fully saturated rings. The predicted octanol–water partition coefficient (Wildman–Crippen LogP) is 1.96. The van der Waals surface area contributed by atoms with Crippen LogP contribution in [0.2, 0.25) is 0 Å². The number of pyridine rings is 1. The Kier molecular flexibility index (Phi) is 3.83. The van der Waals surface area contributed by atoms with Gasteiger partial charge in [0.15, 0.2) is 5.65 Å². The second kappa shape index (κ2) is 6.16. The molecule has 3 aromatic heterocycles. The van der Waals surface area contributed by atoms with E-state index in [4.69, 9.17) is 0 Å². The van der Waals surface area contributed by atoms with E-state index in [0.717, 1.165) is 24.2 Å². The molecule has 128 valence electrons. The zero-order valence-corrected chi connectivity index (χ0v) is 14.0. The van der Waals surface area contributed by atoms with E-state index in [9.17, 15) is 9.59 Å². The van der Waals surface area contributed by atoms with E-state index in [0.29, 0.717) is 24.2 Å². The van der Waals surface area contributed by atoms with E-state index < -0.39 is 0 Å². The monoisotopic (exact) mass is 337 g/mol. The number of carbonyl (C=O) groups is 1. The fraction of sp³-hybridized carbons (Fsp3) is 0.333. The maximum absolute atomic E-state index is 12.8. The molecule has 4 heterocycles. The molecule has 0 aliphatic carbocycles. The highest BCUT2D eigenvalue weighted by atomic mass is 16.2. The second-order valence-corrected chi connectivity index (χ2v) is 6.24. The van der Waals surface area contributed by atoms with Crippen LogP contribution in [-0.2, 0) is 6.42 Å². The summed E-state index contributed by atoms with van der Waals surface area (Å²) in [5.74, 6) is -0.0381. The Hall–Kier alpha value is -2.96. The average Bonchev–Trinajstić information content (AvgIpc) is 3.28. The molecular weight excluding hydrogens is 318 g/mol. The number of likely N-dealkylation sites (tertiary alicyclic amines) is 1. The number of aryl methyl sites for hydroxylation is 1. The second-order valence-electron chi connectivity index (χ2n) is 6.24. The average molecular weight is 337 g/mol. The van der Waals surface area contributed by atoms with Crippen LogP contribution >= 0.6 is 0 Å². The van der Waals surface area contributed by atoms with Crippen molar-refractivity contribution in [2.45, 2.75) is 32.2 Å². The van der Waals surface area contributed by atoms with Gasteiger partial charge >= 0.3 is 0 Å². The minimum Gasteiger partial charge on any atom is -0.330 e. The molecule has 0 bridgehead atoms. The van der Waals surface area contributed by atoms with Crippen LogP contribution in [0.3, 0.4) is 0 Å².